The van der Waals surface area contributed by atoms with Crippen LogP contribution in [-0.2, 0) is 6.54 Å². The molecule has 0 saturated heterocycles. The molecule has 0 aromatic heterocycles. The average molecular weight is 162 g/mol. The number of guanidine groups is 1. The molecular weight excluding hydrogens is 152 g/mol. The fraction of sp³-hybridized carbons (Fsp3) is 0.125. The van der Waals surface area contributed by atoms with Crippen molar-refractivity contribution >= 4 is 11.6 Å². The van der Waals surface area contributed by atoms with Crippen LogP contribution in [0.3, 0.4) is 0 Å². The zero-order valence-corrected chi connectivity index (χ0v) is 6.54. The fourth-order valence-electron chi connectivity index (χ4n) is 1.19. The highest BCUT2D eigenvalue weighted by Gasteiger charge is 2.08. The molecule has 1 aliphatic rings. The molecule has 2 rings (SSSR count). The van der Waals surface area contributed by atoms with Gasteiger partial charge < -0.3 is 5.32 Å². The Bertz CT molecular complexity index is 319. The van der Waals surface area contributed by atoms with Gasteiger partial charge >= 0.3 is 0 Å². The van der Waals surface area contributed by atoms with Gasteiger partial charge in [-0.3, -0.25) is 5.43 Å². The van der Waals surface area contributed by atoms with Gasteiger partial charge in [0, 0.05) is 5.69 Å². The van der Waals surface area contributed by atoms with Crippen molar-refractivity contribution in [3.63, 3.8) is 0 Å². The van der Waals surface area contributed by atoms with Crippen LogP contribution in [0.2, 0.25) is 0 Å². The molecule has 1 aromatic rings. The Labute approximate surface area is 70.5 Å². The van der Waals surface area contributed by atoms with Gasteiger partial charge in [-0.05, 0) is 11.6 Å². The molecule has 4 heteroatoms. The molecule has 1 aromatic carbocycles. The lowest BCUT2D eigenvalue weighted by atomic mass is 10.1. The summed E-state index contributed by atoms with van der Waals surface area (Å²) < 4.78 is 0. The summed E-state index contributed by atoms with van der Waals surface area (Å²) in [6, 6.07) is 8.02. The Morgan fingerprint density at radius 2 is 2.25 bits per heavy atom. The van der Waals surface area contributed by atoms with Crippen molar-refractivity contribution in [1.82, 2.24) is 5.43 Å². The van der Waals surface area contributed by atoms with Crippen molar-refractivity contribution in [3.05, 3.63) is 29.8 Å². The number of nitrogens with two attached hydrogens (primary N) is 1. The summed E-state index contributed by atoms with van der Waals surface area (Å²) in [7, 11) is 0. The van der Waals surface area contributed by atoms with Crippen LogP contribution in [0.25, 0.3) is 0 Å². The second-order valence-corrected chi connectivity index (χ2v) is 2.59. The van der Waals surface area contributed by atoms with Gasteiger partial charge in [0.2, 0.25) is 5.96 Å². The van der Waals surface area contributed by atoms with E-state index in [0.717, 1.165) is 5.69 Å². The molecule has 0 radical (unpaired) electrons. The third-order valence-electron chi connectivity index (χ3n) is 1.81. The second-order valence-electron chi connectivity index (χ2n) is 2.59. The minimum Gasteiger partial charge on any atom is -0.325 e. The minimum atomic E-state index is 0.619. The van der Waals surface area contributed by atoms with Crippen LogP contribution in [0.1, 0.15) is 5.56 Å². The summed E-state index contributed by atoms with van der Waals surface area (Å²) in [6.07, 6.45) is 0. The van der Waals surface area contributed by atoms with E-state index >= 15 is 0 Å². The maximum Gasteiger partial charge on any atom is 0.210 e. The SMILES string of the molecule is NNC1=NCc2ccccc2N1. The topological polar surface area (TPSA) is 62.4 Å². The van der Waals surface area contributed by atoms with Gasteiger partial charge in [0.05, 0.1) is 6.54 Å². The van der Waals surface area contributed by atoms with Crippen LogP contribution in [-0.4, -0.2) is 5.96 Å². The standard InChI is InChI=1S/C8H10N4/c9-12-8-10-5-6-3-1-2-4-7(6)11-8/h1-4H,5,9H2,(H2,10,11,12). The zero-order chi connectivity index (χ0) is 8.39. The fourth-order valence-corrected chi connectivity index (χ4v) is 1.19. The second kappa shape index (κ2) is 2.83. The Hall–Kier alpha value is -1.55. The van der Waals surface area contributed by atoms with Crippen molar-refractivity contribution in [2.45, 2.75) is 6.54 Å². The Balaban J connectivity index is 2.31. The van der Waals surface area contributed by atoms with E-state index in [2.05, 4.69) is 15.7 Å². The van der Waals surface area contributed by atoms with Gasteiger partial charge in [0.25, 0.3) is 0 Å². The van der Waals surface area contributed by atoms with Crippen molar-refractivity contribution in [2.24, 2.45) is 10.8 Å². The highest BCUT2D eigenvalue weighted by Crippen LogP contribution is 2.18. The molecule has 62 valence electrons. The van der Waals surface area contributed by atoms with Crippen LogP contribution < -0.4 is 16.6 Å². The number of nitrogens with zero attached hydrogens (tertiary/aromatic N) is 1. The van der Waals surface area contributed by atoms with E-state index in [0.29, 0.717) is 12.5 Å². The number of benzene rings is 1. The lowest BCUT2D eigenvalue weighted by Crippen LogP contribution is -2.37. The average Bonchev–Trinajstić information content (AvgIpc) is 2.17. The molecule has 0 amide bonds. The van der Waals surface area contributed by atoms with Gasteiger partial charge in [-0.2, -0.15) is 0 Å². The number of nitrogens with one attached hydrogen (secondary N) is 2. The van der Waals surface area contributed by atoms with E-state index in [9.17, 15) is 0 Å². The summed E-state index contributed by atoms with van der Waals surface area (Å²) in [5.41, 5.74) is 4.74. The molecule has 12 heavy (non-hydrogen) atoms. The lowest BCUT2D eigenvalue weighted by Gasteiger charge is -2.16. The van der Waals surface area contributed by atoms with Crippen LogP contribution in [0.4, 0.5) is 5.69 Å². The number of hydrogen-bond donors (Lipinski definition) is 3. The van der Waals surface area contributed by atoms with Gasteiger partial charge in [-0.25, -0.2) is 10.8 Å². The predicted molar refractivity (Wildman–Crippen MR) is 48.5 cm³/mol. The molecule has 4 nitrogen and oxygen atoms in total. The molecule has 0 fully saturated rings. The normalized spacial score (nSPS) is 14.2. The lowest BCUT2D eigenvalue weighted by molar-refractivity contribution is 0.951. The largest absolute Gasteiger partial charge is 0.325 e. The molecule has 0 atom stereocenters. The van der Waals surface area contributed by atoms with Gasteiger partial charge in [-0.1, -0.05) is 18.2 Å². The number of para-hydroxylation sites is 1. The molecule has 1 heterocycles. The van der Waals surface area contributed by atoms with E-state index < -0.39 is 0 Å². The molecule has 0 saturated carbocycles. The Morgan fingerprint density at radius 1 is 1.42 bits per heavy atom. The smallest absolute Gasteiger partial charge is 0.210 e. The van der Waals surface area contributed by atoms with E-state index in [1.165, 1.54) is 5.56 Å². The highest BCUT2D eigenvalue weighted by molar-refractivity contribution is 5.95. The Kier molecular flexibility index (Phi) is 1.68. The number of fused-ring (bicyclic) bond motifs is 1. The van der Waals surface area contributed by atoms with Crippen molar-refractivity contribution in [3.8, 4) is 0 Å². The van der Waals surface area contributed by atoms with Crippen LogP contribution in [0.5, 0.6) is 0 Å². The predicted octanol–water partition coefficient (Wildman–Crippen LogP) is 0.431. The van der Waals surface area contributed by atoms with Crippen LogP contribution in [0.15, 0.2) is 29.3 Å². The minimum absolute atomic E-state index is 0.619. The number of hydrazine groups is 1. The van der Waals surface area contributed by atoms with E-state index in [1.54, 1.807) is 0 Å². The third kappa shape index (κ3) is 1.12. The van der Waals surface area contributed by atoms with Crippen LogP contribution in [0, 0.1) is 0 Å². The molecule has 0 unspecified atom stereocenters. The quantitative estimate of drug-likeness (QED) is 0.383. The summed E-state index contributed by atoms with van der Waals surface area (Å²) in [5, 5.41) is 3.06. The molecular formula is C8H10N4. The Morgan fingerprint density at radius 3 is 3.08 bits per heavy atom. The highest BCUT2D eigenvalue weighted by atomic mass is 15.3. The zero-order valence-electron chi connectivity index (χ0n) is 6.54. The number of anilines is 1. The first kappa shape index (κ1) is 7.12. The van der Waals surface area contributed by atoms with Crippen molar-refractivity contribution < 1.29 is 0 Å². The third-order valence-corrected chi connectivity index (χ3v) is 1.81. The molecule has 4 N–H and O–H groups in total. The monoisotopic (exact) mass is 162 g/mol. The van der Waals surface area contributed by atoms with Gasteiger partial charge in [0.15, 0.2) is 0 Å². The van der Waals surface area contributed by atoms with E-state index in [-0.39, 0.29) is 0 Å². The number of rotatable bonds is 0. The first-order chi connectivity index (χ1) is 5.90. The number of hydrogen-bond acceptors (Lipinski definition) is 4. The first-order valence-electron chi connectivity index (χ1n) is 3.76. The summed E-state index contributed by atoms with van der Waals surface area (Å²) in [5.74, 6) is 5.84. The van der Waals surface area contributed by atoms with Gasteiger partial charge in [0.1, 0.15) is 0 Å². The number of aliphatic imine (C=N–C) groups is 1. The van der Waals surface area contributed by atoms with Crippen molar-refractivity contribution in [1.29, 1.82) is 0 Å². The molecule has 0 spiro atoms. The van der Waals surface area contributed by atoms with Crippen LogP contribution >= 0.6 is 0 Å². The maximum atomic E-state index is 5.22. The van der Waals surface area contributed by atoms with Gasteiger partial charge in [-0.15, -0.1) is 0 Å². The molecule has 1 aliphatic heterocycles. The molecule has 0 aliphatic carbocycles. The molecule has 0 bridgehead atoms. The maximum absolute atomic E-state index is 5.22. The summed E-state index contributed by atoms with van der Waals surface area (Å²) in [4.78, 5) is 4.16. The summed E-state index contributed by atoms with van der Waals surface area (Å²) in [6.45, 7) is 0.683. The van der Waals surface area contributed by atoms with E-state index in [1.807, 2.05) is 24.3 Å². The first-order valence-corrected chi connectivity index (χ1v) is 3.76. The van der Waals surface area contributed by atoms with Crippen molar-refractivity contribution in [2.75, 3.05) is 5.32 Å². The summed E-state index contributed by atoms with van der Waals surface area (Å²) >= 11 is 0. The van der Waals surface area contributed by atoms with E-state index in [4.69, 9.17) is 5.84 Å².